The van der Waals surface area contributed by atoms with Gasteiger partial charge in [0, 0.05) is 31.0 Å². The normalized spacial score (nSPS) is 15.3. The van der Waals surface area contributed by atoms with E-state index in [9.17, 15) is 10.0 Å². The molecule has 38 heavy (non-hydrogen) atoms. The van der Waals surface area contributed by atoms with Crippen molar-refractivity contribution in [3.63, 3.8) is 0 Å². The highest BCUT2D eigenvalue weighted by atomic mass is 16.5. The van der Waals surface area contributed by atoms with Gasteiger partial charge in [-0.1, -0.05) is 54.1 Å². The van der Waals surface area contributed by atoms with Gasteiger partial charge in [0.15, 0.2) is 5.75 Å². The molecule has 0 bridgehead atoms. The van der Waals surface area contributed by atoms with Crippen LogP contribution in [0, 0.1) is 5.92 Å². The first-order valence-corrected chi connectivity index (χ1v) is 13.0. The minimum atomic E-state index is -0.620. The van der Waals surface area contributed by atoms with Gasteiger partial charge in [-0.05, 0) is 67.0 Å². The number of carbonyl (C=O) groups is 1. The van der Waals surface area contributed by atoms with Gasteiger partial charge in [-0.25, -0.2) is 10.5 Å². The Kier molecular flexibility index (Phi) is 7.86. The first-order valence-electron chi connectivity index (χ1n) is 13.0. The van der Waals surface area contributed by atoms with Gasteiger partial charge in [-0.2, -0.15) is 0 Å². The average molecular weight is 512 g/mol. The van der Waals surface area contributed by atoms with Gasteiger partial charge in [-0.15, -0.1) is 0 Å². The predicted molar refractivity (Wildman–Crippen MR) is 149 cm³/mol. The Morgan fingerprint density at radius 2 is 1.68 bits per heavy atom. The Morgan fingerprint density at radius 3 is 2.34 bits per heavy atom. The zero-order chi connectivity index (χ0) is 26.5. The van der Waals surface area contributed by atoms with E-state index in [1.165, 1.54) is 7.11 Å². The minimum Gasteiger partial charge on any atom is -0.494 e. The second kappa shape index (κ2) is 11.6. The highest BCUT2D eigenvalue weighted by Gasteiger charge is 2.25. The third-order valence-corrected chi connectivity index (χ3v) is 7.26. The SMILES string of the molecule is COc1c(-c2ccc(-c3ccc(NCC4CCOCC4)cc3)cc2)nc2c(c1C(=O)NO)CC=C(C)C=C2. The van der Waals surface area contributed by atoms with Crippen molar-refractivity contribution in [2.24, 2.45) is 5.92 Å². The molecular weight excluding hydrogens is 478 g/mol. The summed E-state index contributed by atoms with van der Waals surface area (Å²) in [5, 5.41) is 13.0. The second-order valence-corrected chi connectivity index (χ2v) is 9.75. The number of ether oxygens (including phenoxy) is 2. The molecule has 0 saturated carbocycles. The lowest BCUT2D eigenvalue weighted by Gasteiger charge is -2.22. The number of carbonyl (C=O) groups excluding carboxylic acids is 1. The molecular formula is C31H33N3O4. The number of amides is 1. The van der Waals surface area contributed by atoms with Crippen molar-refractivity contribution >= 4 is 17.7 Å². The van der Waals surface area contributed by atoms with Crippen molar-refractivity contribution < 1.29 is 19.5 Å². The first kappa shape index (κ1) is 25.7. The number of nitrogens with zero attached hydrogens (tertiary/aromatic N) is 1. The molecule has 7 heteroatoms. The fourth-order valence-electron chi connectivity index (χ4n) is 5.01. The zero-order valence-electron chi connectivity index (χ0n) is 21.8. The van der Waals surface area contributed by atoms with Crippen LogP contribution in [0.1, 0.15) is 41.4 Å². The lowest BCUT2D eigenvalue weighted by Crippen LogP contribution is -2.22. The fourth-order valence-corrected chi connectivity index (χ4v) is 5.01. The van der Waals surface area contributed by atoms with E-state index in [1.54, 1.807) is 5.48 Å². The zero-order valence-corrected chi connectivity index (χ0v) is 21.8. The summed E-state index contributed by atoms with van der Waals surface area (Å²) in [5.41, 5.74) is 9.21. The van der Waals surface area contributed by atoms with Crippen molar-refractivity contribution in [1.82, 2.24) is 10.5 Å². The summed E-state index contributed by atoms with van der Waals surface area (Å²) in [5.74, 6) is 0.379. The lowest BCUT2D eigenvalue weighted by molar-refractivity contribution is 0.0698. The number of allylic oxidation sites excluding steroid dienone is 3. The van der Waals surface area contributed by atoms with Gasteiger partial charge in [-0.3, -0.25) is 10.0 Å². The summed E-state index contributed by atoms with van der Waals surface area (Å²) >= 11 is 0. The maximum atomic E-state index is 12.7. The number of methoxy groups -OCH3 is 1. The Morgan fingerprint density at radius 1 is 1.03 bits per heavy atom. The number of nitrogens with one attached hydrogen (secondary N) is 2. The van der Waals surface area contributed by atoms with E-state index in [1.807, 2.05) is 49.4 Å². The number of benzene rings is 2. The predicted octanol–water partition coefficient (Wildman–Crippen LogP) is 5.90. The van der Waals surface area contributed by atoms with Crippen LogP contribution in [-0.4, -0.2) is 43.0 Å². The molecule has 2 aromatic carbocycles. The molecule has 0 spiro atoms. The summed E-state index contributed by atoms with van der Waals surface area (Å²) in [7, 11) is 1.51. The van der Waals surface area contributed by atoms with E-state index in [0.717, 1.165) is 60.6 Å². The van der Waals surface area contributed by atoms with Crippen LogP contribution in [0.2, 0.25) is 0 Å². The number of hydrogen-bond donors (Lipinski definition) is 3. The van der Waals surface area contributed by atoms with E-state index in [4.69, 9.17) is 14.5 Å². The topological polar surface area (TPSA) is 92.7 Å². The van der Waals surface area contributed by atoms with Crippen LogP contribution in [0.15, 0.2) is 66.3 Å². The Hall–Kier alpha value is -3.94. The fraction of sp³-hybridized carbons (Fsp3) is 0.290. The highest BCUT2D eigenvalue weighted by molar-refractivity contribution is 6.01. The molecule has 2 aliphatic rings. The lowest BCUT2D eigenvalue weighted by atomic mass is 9.96. The molecule has 1 saturated heterocycles. The van der Waals surface area contributed by atoms with Crippen LogP contribution in [0.4, 0.5) is 5.69 Å². The summed E-state index contributed by atoms with van der Waals surface area (Å²) in [4.78, 5) is 17.6. The first-order chi connectivity index (χ1) is 18.6. The number of hydroxylamine groups is 1. The van der Waals surface area contributed by atoms with Crippen LogP contribution >= 0.6 is 0 Å². The molecule has 1 aliphatic heterocycles. The molecule has 3 N–H and O–H groups in total. The van der Waals surface area contributed by atoms with Gasteiger partial charge in [0.1, 0.15) is 5.69 Å². The number of pyridine rings is 1. The van der Waals surface area contributed by atoms with Gasteiger partial charge >= 0.3 is 0 Å². The molecule has 2 heterocycles. The van der Waals surface area contributed by atoms with Gasteiger partial charge < -0.3 is 14.8 Å². The highest BCUT2D eigenvalue weighted by Crippen LogP contribution is 2.37. The Balaban J connectivity index is 1.40. The Labute approximate surface area is 223 Å². The van der Waals surface area contributed by atoms with Crippen LogP contribution in [-0.2, 0) is 11.2 Å². The van der Waals surface area contributed by atoms with E-state index in [2.05, 4.69) is 29.6 Å². The molecule has 1 aliphatic carbocycles. The van der Waals surface area contributed by atoms with Crippen molar-refractivity contribution in [2.75, 3.05) is 32.2 Å². The van der Waals surface area contributed by atoms with Crippen molar-refractivity contribution in [1.29, 1.82) is 0 Å². The summed E-state index contributed by atoms with van der Waals surface area (Å²) < 4.78 is 11.1. The van der Waals surface area contributed by atoms with Crippen LogP contribution in [0.5, 0.6) is 5.75 Å². The number of fused-ring (bicyclic) bond motifs is 1. The second-order valence-electron chi connectivity index (χ2n) is 9.75. The van der Waals surface area contributed by atoms with Crippen molar-refractivity contribution in [3.05, 3.63) is 83.1 Å². The number of hydrogen-bond acceptors (Lipinski definition) is 6. The third-order valence-electron chi connectivity index (χ3n) is 7.26. The summed E-state index contributed by atoms with van der Waals surface area (Å²) in [6, 6.07) is 16.5. The number of anilines is 1. The maximum absolute atomic E-state index is 12.7. The quantitative estimate of drug-likeness (QED) is 0.270. The summed E-state index contributed by atoms with van der Waals surface area (Å²) in [6.07, 6.45) is 8.63. The van der Waals surface area contributed by atoms with Crippen LogP contribution in [0.3, 0.4) is 0 Å². The van der Waals surface area contributed by atoms with Gasteiger partial charge in [0.25, 0.3) is 5.91 Å². The molecule has 0 atom stereocenters. The molecule has 5 rings (SSSR count). The van der Waals surface area contributed by atoms with E-state index in [0.29, 0.717) is 40.6 Å². The molecule has 7 nitrogen and oxygen atoms in total. The molecule has 0 unspecified atom stereocenters. The Bertz CT molecular complexity index is 1360. The summed E-state index contributed by atoms with van der Waals surface area (Å²) in [6.45, 7) is 4.68. The van der Waals surface area contributed by atoms with Gasteiger partial charge in [0.2, 0.25) is 0 Å². The smallest absolute Gasteiger partial charge is 0.278 e. The average Bonchev–Trinajstić information content (AvgIpc) is 3.16. The molecule has 0 radical (unpaired) electrons. The van der Waals surface area contributed by atoms with Crippen LogP contribution in [0.25, 0.3) is 28.5 Å². The molecule has 1 aromatic heterocycles. The molecule has 1 amide bonds. The number of rotatable bonds is 7. The van der Waals surface area contributed by atoms with Crippen molar-refractivity contribution in [3.8, 4) is 28.1 Å². The van der Waals surface area contributed by atoms with E-state index >= 15 is 0 Å². The molecule has 196 valence electrons. The van der Waals surface area contributed by atoms with Crippen LogP contribution < -0.4 is 15.5 Å². The third kappa shape index (κ3) is 5.49. The maximum Gasteiger partial charge on any atom is 0.278 e. The largest absolute Gasteiger partial charge is 0.494 e. The van der Waals surface area contributed by atoms with Crippen molar-refractivity contribution in [2.45, 2.75) is 26.2 Å². The van der Waals surface area contributed by atoms with Gasteiger partial charge in [0.05, 0.1) is 18.4 Å². The molecule has 3 aromatic rings. The minimum absolute atomic E-state index is 0.290. The standard InChI is InChI=1S/C31H33N3O4/c1-20-3-13-26-27(14-4-20)33-29(30(37-2)28(26)31(35)34-36)24-7-5-22(6-8-24)23-9-11-25(12-10-23)32-19-21-15-17-38-18-16-21/h3-12,14,21,32,36H,13,15-19H2,1-2H3,(H,34,35). The van der Waals surface area contributed by atoms with E-state index < -0.39 is 5.91 Å². The number of aromatic nitrogens is 1. The van der Waals surface area contributed by atoms with E-state index in [-0.39, 0.29) is 0 Å². The molecule has 1 fully saturated rings. The monoisotopic (exact) mass is 511 g/mol.